The van der Waals surface area contributed by atoms with Crippen LogP contribution in [0.4, 0.5) is 4.39 Å². The standard InChI is InChI=1S/C34H41FO2/c1-33(2,3)30-15-11-23-10-12-25(20-27(23)30)37-21-22-9-14-26(29-19-24(36-6)13-16-32(29)35)28(18-22)31-8-7-17-34(31,4)5/h9-10,12-14,16,18-20,30-31H,7-8,11,15,17,21H2,1-6H3/t30-,31+/m0/s1. The van der Waals surface area contributed by atoms with Gasteiger partial charge in [0.1, 0.15) is 23.9 Å². The van der Waals surface area contributed by atoms with Crippen LogP contribution in [0.1, 0.15) is 94.4 Å². The van der Waals surface area contributed by atoms with Gasteiger partial charge in [0, 0.05) is 5.56 Å². The second kappa shape index (κ2) is 9.82. The van der Waals surface area contributed by atoms with Crippen LogP contribution in [0.2, 0.25) is 0 Å². The molecule has 1 saturated carbocycles. The number of fused-ring (bicyclic) bond motifs is 1. The van der Waals surface area contributed by atoms with Crippen LogP contribution in [0.25, 0.3) is 11.1 Å². The lowest BCUT2D eigenvalue weighted by molar-refractivity contribution is 0.300. The Bertz CT molecular complexity index is 1280. The van der Waals surface area contributed by atoms with E-state index in [-0.39, 0.29) is 16.6 Å². The fourth-order valence-corrected chi connectivity index (χ4v) is 6.71. The first kappa shape index (κ1) is 25.8. The third kappa shape index (κ3) is 5.15. The predicted molar refractivity (Wildman–Crippen MR) is 150 cm³/mol. The molecule has 0 N–H and O–H groups in total. The second-order valence-electron chi connectivity index (χ2n) is 12.8. The molecule has 196 valence electrons. The Labute approximate surface area is 222 Å². The predicted octanol–water partition coefficient (Wildman–Crippen LogP) is 9.45. The SMILES string of the molecule is COc1ccc(F)c(-c2ccc(COc3ccc4c(c3)[C@@H](C(C)(C)C)CC4)cc2[C@H]2CCCC2(C)C)c1. The minimum atomic E-state index is -0.214. The maximum Gasteiger partial charge on any atom is 0.131 e. The van der Waals surface area contributed by atoms with E-state index in [0.29, 0.717) is 29.8 Å². The van der Waals surface area contributed by atoms with Crippen LogP contribution in [0.3, 0.4) is 0 Å². The molecule has 5 rings (SSSR count). The lowest BCUT2D eigenvalue weighted by Gasteiger charge is -2.30. The average molecular weight is 501 g/mol. The first-order chi connectivity index (χ1) is 17.6. The van der Waals surface area contributed by atoms with Crippen LogP contribution < -0.4 is 9.47 Å². The summed E-state index contributed by atoms with van der Waals surface area (Å²) in [4.78, 5) is 0. The third-order valence-corrected chi connectivity index (χ3v) is 8.86. The molecule has 0 unspecified atom stereocenters. The highest BCUT2D eigenvalue weighted by Crippen LogP contribution is 2.51. The molecular formula is C34H41FO2. The van der Waals surface area contributed by atoms with Gasteiger partial charge in [-0.1, -0.05) is 65.3 Å². The van der Waals surface area contributed by atoms with Crippen molar-refractivity contribution in [2.24, 2.45) is 10.8 Å². The molecular weight excluding hydrogens is 459 g/mol. The quantitative estimate of drug-likeness (QED) is 0.335. The Morgan fingerprint density at radius 2 is 1.68 bits per heavy atom. The number of methoxy groups -OCH3 is 1. The van der Waals surface area contributed by atoms with Gasteiger partial charge in [0.2, 0.25) is 0 Å². The Balaban J connectivity index is 1.46. The van der Waals surface area contributed by atoms with Gasteiger partial charge in [-0.15, -0.1) is 0 Å². The van der Waals surface area contributed by atoms with Crippen molar-refractivity contribution < 1.29 is 13.9 Å². The van der Waals surface area contributed by atoms with E-state index < -0.39 is 0 Å². The maximum atomic E-state index is 15.1. The second-order valence-corrected chi connectivity index (χ2v) is 12.8. The fourth-order valence-electron chi connectivity index (χ4n) is 6.71. The van der Waals surface area contributed by atoms with Gasteiger partial charge in [0.15, 0.2) is 0 Å². The molecule has 3 aromatic carbocycles. The normalized spacial score (nSPS) is 20.6. The van der Waals surface area contributed by atoms with Gasteiger partial charge in [0.25, 0.3) is 0 Å². The van der Waals surface area contributed by atoms with Gasteiger partial charge in [-0.2, -0.15) is 0 Å². The number of aryl methyl sites for hydroxylation is 1. The fraction of sp³-hybridized carbons (Fsp3) is 0.471. The summed E-state index contributed by atoms with van der Waals surface area (Å²) < 4.78 is 26.8. The van der Waals surface area contributed by atoms with Crippen LogP contribution in [-0.4, -0.2) is 7.11 Å². The summed E-state index contributed by atoms with van der Waals surface area (Å²) in [5, 5.41) is 0. The number of halogens is 1. The molecule has 0 saturated heterocycles. The molecule has 2 aliphatic carbocycles. The van der Waals surface area contributed by atoms with Crippen LogP contribution in [0, 0.1) is 16.6 Å². The molecule has 0 heterocycles. The molecule has 2 atom stereocenters. The van der Waals surface area contributed by atoms with E-state index in [9.17, 15) is 0 Å². The van der Waals surface area contributed by atoms with Crippen LogP contribution in [0.5, 0.6) is 11.5 Å². The first-order valence-electron chi connectivity index (χ1n) is 13.8. The maximum absolute atomic E-state index is 15.1. The number of ether oxygens (including phenoxy) is 2. The monoisotopic (exact) mass is 500 g/mol. The summed E-state index contributed by atoms with van der Waals surface area (Å²) >= 11 is 0. The number of rotatable bonds is 6. The van der Waals surface area contributed by atoms with Gasteiger partial charge in [-0.05, 0) is 106 Å². The zero-order chi connectivity index (χ0) is 26.4. The summed E-state index contributed by atoms with van der Waals surface area (Å²) in [5.74, 6) is 2.33. The van der Waals surface area contributed by atoms with Crippen molar-refractivity contribution in [2.75, 3.05) is 7.11 Å². The molecule has 0 spiro atoms. The van der Waals surface area contributed by atoms with E-state index in [4.69, 9.17) is 9.47 Å². The highest BCUT2D eigenvalue weighted by atomic mass is 19.1. The van der Waals surface area contributed by atoms with E-state index in [2.05, 4.69) is 71.0 Å². The molecule has 0 aromatic heterocycles. The van der Waals surface area contributed by atoms with E-state index >= 15 is 4.39 Å². The highest BCUT2D eigenvalue weighted by Gasteiger charge is 2.37. The van der Waals surface area contributed by atoms with Crippen molar-refractivity contribution in [3.63, 3.8) is 0 Å². The van der Waals surface area contributed by atoms with Gasteiger partial charge >= 0.3 is 0 Å². The molecule has 0 amide bonds. The summed E-state index contributed by atoms with van der Waals surface area (Å²) in [5.41, 5.74) is 7.24. The van der Waals surface area contributed by atoms with E-state index in [0.717, 1.165) is 29.7 Å². The number of hydrogen-bond donors (Lipinski definition) is 0. The van der Waals surface area contributed by atoms with Gasteiger partial charge < -0.3 is 9.47 Å². The molecule has 3 aromatic rings. The lowest BCUT2D eigenvalue weighted by atomic mass is 9.75. The van der Waals surface area contributed by atoms with E-state index in [1.54, 1.807) is 13.2 Å². The molecule has 0 radical (unpaired) electrons. The Hall–Kier alpha value is -2.81. The molecule has 1 fully saturated rings. The first-order valence-corrected chi connectivity index (χ1v) is 13.8. The van der Waals surface area contributed by atoms with Crippen molar-refractivity contribution >= 4 is 0 Å². The van der Waals surface area contributed by atoms with Gasteiger partial charge in [0.05, 0.1) is 7.11 Å². The van der Waals surface area contributed by atoms with Crippen molar-refractivity contribution in [3.8, 4) is 22.6 Å². The Morgan fingerprint density at radius 1 is 0.892 bits per heavy atom. The zero-order valence-electron chi connectivity index (χ0n) is 23.3. The number of hydrogen-bond acceptors (Lipinski definition) is 2. The lowest BCUT2D eigenvalue weighted by Crippen LogP contribution is -2.17. The largest absolute Gasteiger partial charge is 0.497 e. The minimum Gasteiger partial charge on any atom is -0.497 e. The van der Waals surface area contributed by atoms with Gasteiger partial charge in [-0.3, -0.25) is 0 Å². The van der Waals surface area contributed by atoms with Crippen molar-refractivity contribution in [2.45, 2.75) is 85.2 Å². The van der Waals surface area contributed by atoms with Gasteiger partial charge in [-0.25, -0.2) is 4.39 Å². The summed E-state index contributed by atoms with van der Waals surface area (Å²) in [6.45, 7) is 12.2. The van der Waals surface area contributed by atoms with Crippen molar-refractivity contribution in [3.05, 3.63) is 82.7 Å². The summed E-state index contributed by atoms with van der Waals surface area (Å²) in [6, 6.07) is 18.1. The molecule has 37 heavy (non-hydrogen) atoms. The van der Waals surface area contributed by atoms with Crippen LogP contribution in [-0.2, 0) is 13.0 Å². The molecule has 3 heteroatoms. The third-order valence-electron chi connectivity index (χ3n) is 8.86. The summed E-state index contributed by atoms with van der Waals surface area (Å²) in [7, 11) is 1.63. The zero-order valence-corrected chi connectivity index (χ0v) is 23.3. The molecule has 2 aliphatic rings. The number of benzene rings is 3. The topological polar surface area (TPSA) is 18.5 Å². The smallest absolute Gasteiger partial charge is 0.131 e. The van der Waals surface area contributed by atoms with E-state index in [1.807, 2.05) is 6.07 Å². The Morgan fingerprint density at radius 3 is 2.38 bits per heavy atom. The van der Waals surface area contributed by atoms with Crippen molar-refractivity contribution in [1.82, 2.24) is 0 Å². The van der Waals surface area contributed by atoms with E-state index in [1.165, 1.54) is 42.0 Å². The average Bonchev–Trinajstić information content (AvgIpc) is 3.45. The Kier molecular flexibility index (Phi) is 6.85. The summed E-state index contributed by atoms with van der Waals surface area (Å²) in [6.07, 6.45) is 5.87. The van der Waals surface area contributed by atoms with Crippen LogP contribution in [0.15, 0.2) is 54.6 Å². The molecule has 2 nitrogen and oxygen atoms in total. The molecule has 0 aliphatic heterocycles. The van der Waals surface area contributed by atoms with Crippen molar-refractivity contribution in [1.29, 1.82) is 0 Å². The van der Waals surface area contributed by atoms with Crippen LogP contribution >= 0.6 is 0 Å². The highest BCUT2D eigenvalue weighted by molar-refractivity contribution is 5.71. The molecule has 0 bridgehead atoms. The minimum absolute atomic E-state index is 0.172.